The van der Waals surface area contributed by atoms with Gasteiger partial charge in [0.1, 0.15) is 17.7 Å². The molecular weight excluding hydrogens is 538 g/mol. The molecule has 0 aliphatic carbocycles. The van der Waals surface area contributed by atoms with Gasteiger partial charge in [-0.05, 0) is 55.4 Å². The van der Waals surface area contributed by atoms with Crippen LogP contribution in [-0.2, 0) is 0 Å². The van der Waals surface area contributed by atoms with E-state index in [2.05, 4.69) is 37.9 Å². The first-order valence-corrected chi connectivity index (χ1v) is 12.8. The molecule has 1 aromatic carbocycles. The maximum atomic E-state index is 14.6. The standard InChI is InChI=1S/C25H27F4N7O2S/c1-30-24(37)15-6-7-18(20(13-15)38-3)31-10-4-5-19-22(39-25(27,28)29)23-32-11-8-21(36(23)34-19)33-17-9-12-35(2)14-16(17)26/h6-8,11,13,16-17,31,33H,9-10,12,14H2,1-3H3,(H,30,37)/t16-,17+/m0/s1. The molecule has 39 heavy (non-hydrogen) atoms. The predicted molar refractivity (Wildman–Crippen MR) is 141 cm³/mol. The number of benzene rings is 1. The van der Waals surface area contributed by atoms with Crippen LogP contribution < -0.4 is 20.7 Å². The second-order valence-electron chi connectivity index (χ2n) is 8.76. The summed E-state index contributed by atoms with van der Waals surface area (Å²) in [6, 6.07) is 5.83. The fraction of sp³-hybridized carbons (Fsp3) is 0.400. The molecule has 3 N–H and O–H groups in total. The molecule has 4 rings (SSSR count). The Morgan fingerprint density at radius 2 is 2.10 bits per heavy atom. The van der Waals surface area contributed by atoms with Crippen molar-refractivity contribution in [2.75, 3.05) is 51.5 Å². The van der Waals surface area contributed by atoms with Crippen LogP contribution >= 0.6 is 11.8 Å². The van der Waals surface area contributed by atoms with E-state index in [0.717, 1.165) is 0 Å². The van der Waals surface area contributed by atoms with E-state index in [0.29, 0.717) is 35.8 Å². The number of nitrogens with zero attached hydrogens (tertiary/aromatic N) is 4. The molecule has 0 saturated carbocycles. The Bertz CT molecular complexity index is 1400. The maximum Gasteiger partial charge on any atom is 0.446 e. The number of methoxy groups -OCH3 is 1. The number of fused-ring (bicyclic) bond motifs is 1. The third kappa shape index (κ3) is 6.85. The number of hydrogen-bond acceptors (Lipinski definition) is 8. The van der Waals surface area contributed by atoms with Gasteiger partial charge in [-0.3, -0.25) is 4.79 Å². The molecule has 1 aliphatic heterocycles. The van der Waals surface area contributed by atoms with Crippen LogP contribution in [0.4, 0.5) is 29.1 Å². The Morgan fingerprint density at radius 1 is 1.31 bits per heavy atom. The van der Waals surface area contributed by atoms with Crippen LogP contribution in [0, 0.1) is 11.8 Å². The van der Waals surface area contributed by atoms with Crippen molar-refractivity contribution in [2.24, 2.45) is 0 Å². The topological polar surface area (TPSA) is 95.8 Å². The quantitative estimate of drug-likeness (QED) is 0.227. The Morgan fingerprint density at radius 3 is 2.79 bits per heavy atom. The van der Waals surface area contributed by atoms with Gasteiger partial charge >= 0.3 is 5.51 Å². The molecule has 0 unspecified atom stereocenters. The van der Waals surface area contributed by atoms with Crippen molar-refractivity contribution in [2.45, 2.75) is 29.0 Å². The van der Waals surface area contributed by atoms with Gasteiger partial charge in [0.25, 0.3) is 5.91 Å². The van der Waals surface area contributed by atoms with Crippen molar-refractivity contribution in [3.05, 3.63) is 41.7 Å². The van der Waals surface area contributed by atoms with Gasteiger partial charge in [0.2, 0.25) is 0 Å². The number of ether oxygens (including phenoxy) is 1. The number of halogens is 4. The summed E-state index contributed by atoms with van der Waals surface area (Å²) in [6.07, 6.45) is 0.730. The first kappa shape index (κ1) is 28.3. The summed E-state index contributed by atoms with van der Waals surface area (Å²) in [4.78, 5) is 17.6. The molecular formula is C25H27F4N7O2S. The molecule has 1 fully saturated rings. The summed E-state index contributed by atoms with van der Waals surface area (Å²) in [7, 11) is 4.80. The van der Waals surface area contributed by atoms with Crippen LogP contribution in [0.3, 0.4) is 0 Å². The van der Waals surface area contributed by atoms with Crippen molar-refractivity contribution in [3.63, 3.8) is 0 Å². The molecule has 3 aromatic rings. The minimum absolute atomic E-state index is 0.0330. The molecule has 1 amide bonds. The van der Waals surface area contributed by atoms with E-state index in [1.807, 2.05) is 11.9 Å². The average Bonchev–Trinajstić information content (AvgIpc) is 3.24. The number of nitrogens with one attached hydrogen (secondary N) is 3. The lowest BCUT2D eigenvalue weighted by molar-refractivity contribution is -0.0328. The highest BCUT2D eigenvalue weighted by molar-refractivity contribution is 8.00. The van der Waals surface area contributed by atoms with E-state index < -0.39 is 17.7 Å². The summed E-state index contributed by atoms with van der Waals surface area (Å²) >= 11 is -0.349. The Balaban J connectivity index is 1.59. The van der Waals surface area contributed by atoms with Crippen LogP contribution in [0.1, 0.15) is 22.5 Å². The number of carbonyl (C=O) groups is 1. The normalized spacial score (nSPS) is 17.8. The van der Waals surface area contributed by atoms with Gasteiger partial charge in [-0.2, -0.15) is 22.8 Å². The highest BCUT2D eigenvalue weighted by Crippen LogP contribution is 2.40. The second kappa shape index (κ2) is 12.0. The van der Waals surface area contributed by atoms with Crippen LogP contribution in [0.2, 0.25) is 0 Å². The number of likely N-dealkylation sites (tertiary alicyclic amines) is 1. The minimum atomic E-state index is -4.60. The number of hydrogen-bond donors (Lipinski definition) is 3. The molecule has 0 bridgehead atoms. The largest absolute Gasteiger partial charge is 0.495 e. The average molecular weight is 566 g/mol. The second-order valence-corrected chi connectivity index (χ2v) is 9.83. The summed E-state index contributed by atoms with van der Waals surface area (Å²) in [6.45, 7) is 0.990. The van der Waals surface area contributed by atoms with Crippen molar-refractivity contribution in [1.82, 2.24) is 24.8 Å². The summed E-state index contributed by atoms with van der Waals surface area (Å²) in [5, 5.41) is 12.9. The molecule has 208 valence electrons. The number of amides is 1. The Labute approximate surface area is 226 Å². The maximum absolute atomic E-state index is 14.6. The van der Waals surface area contributed by atoms with E-state index in [9.17, 15) is 22.4 Å². The SMILES string of the molecule is CNC(=O)c1ccc(NCC#Cc2nn3c(N[C@@H]4CCN(C)C[C@@H]4F)ccnc3c2SC(F)(F)F)c(OC)c1. The fourth-order valence-electron chi connectivity index (χ4n) is 4.13. The van der Waals surface area contributed by atoms with Crippen molar-refractivity contribution < 1.29 is 27.1 Å². The molecule has 0 spiro atoms. The molecule has 9 nitrogen and oxygen atoms in total. The number of alkyl halides is 4. The lowest BCUT2D eigenvalue weighted by Gasteiger charge is -2.33. The lowest BCUT2D eigenvalue weighted by atomic mass is 10.0. The van der Waals surface area contributed by atoms with Crippen LogP contribution in [0.5, 0.6) is 5.75 Å². The minimum Gasteiger partial charge on any atom is -0.495 e. The van der Waals surface area contributed by atoms with E-state index in [1.165, 1.54) is 24.9 Å². The molecule has 3 heterocycles. The smallest absolute Gasteiger partial charge is 0.446 e. The van der Waals surface area contributed by atoms with Gasteiger partial charge in [-0.15, -0.1) is 0 Å². The van der Waals surface area contributed by atoms with Crippen molar-refractivity contribution >= 4 is 34.8 Å². The number of carbonyl (C=O) groups excluding carboxylic acids is 1. The monoisotopic (exact) mass is 565 g/mol. The fourth-order valence-corrected chi connectivity index (χ4v) is 4.78. The van der Waals surface area contributed by atoms with Crippen molar-refractivity contribution in [3.8, 4) is 17.6 Å². The van der Waals surface area contributed by atoms with Gasteiger partial charge in [-0.25, -0.2) is 9.37 Å². The van der Waals surface area contributed by atoms with Gasteiger partial charge in [0.05, 0.1) is 30.3 Å². The lowest BCUT2D eigenvalue weighted by Crippen LogP contribution is -2.46. The van der Waals surface area contributed by atoms with Gasteiger partial charge in [0, 0.05) is 31.9 Å². The zero-order valence-electron chi connectivity index (χ0n) is 21.4. The molecule has 0 radical (unpaired) electrons. The van der Waals surface area contributed by atoms with Crippen LogP contribution in [0.25, 0.3) is 5.65 Å². The molecule has 1 aliphatic rings. The number of piperidine rings is 1. The van der Waals surface area contributed by atoms with Crippen LogP contribution in [-0.4, -0.2) is 84.0 Å². The zero-order chi connectivity index (χ0) is 28.2. The zero-order valence-corrected chi connectivity index (χ0v) is 22.2. The predicted octanol–water partition coefficient (Wildman–Crippen LogP) is 3.63. The van der Waals surface area contributed by atoms with Crippen molar-refractivity contribution in [1.29, 1.82) is 0 Å². The van der Waals surface area contributed by atoms with E-state index in [4.69, 9.17) is 4.74 Å². The summed E-state index contributed by atoms with van der Waals surface area (Å²) in [5.41, 5.74) is -3.79. The Hall–Kier alpha value is -3.70. The van der Waals surface area contributed by atoms with Gasteiger partial charge in [0.15, 0.2) is 11.3 Å². The molecule has 1 saturated heterocycles. The van der Waals surface area contributed by atoms with E-state index in [1.54, 1.807) is 24.3 Å². The first-order valence-electron chi connectivity index (χ1n) is 11.9. The molecule has 14 heteroatoms. The highest BCUT2D eigenvalue weighted by Gasteiger charge is 2.34. The Kier molecular flexibility index (Phi) is 8.71. The summed E-state index contributed by atoms with van der Waals surface area (Å²) < 4.78 is 61.4. The first-order chi connectivity index (χ1) is 18.6. The van der Waals surface area contributed by atoms with Crippen LogP contribution in [0.15, 0.2) is 35.4 Å². The third-order valence-corrected chi connectivity index (χ3v) is 6.85. The molecule has 2 aromatic heterocycles. The van der Waals surface area contributed by atoms with E-state index in [-0.39, 0.29) is 47.0 Å². The summed E-state index contributed by atoms with van der Waals surface area (Å²) in [5.74, 6) is 5.93. The van der Waals surface area contributed by atoms with Gasteiger partial charge in [-0.1, -0.05) is 5.92 Å². The number of aromatic nitrogens is 3. The number of rotatable bonds is 7. The number of thioether (sulfide) groups is 1. The molecule has 2 atom stereocenters. The van der Waals surface area contributed by atoms with E-state index >= 15 is 0 Å². The van der Waals surface area contributed by atoms with Gasteiger partial charge < -0.3 is 25.6 Å². The number of anilines is 2. The highest BCUT2D eigenvalue weighted by atomic mass is 32.2. The third-order valence-electron chi connectivity index (χ3n) is 6.04.